The van der Waals surface area contributed by atoms with Crippen LogP contribution in [0.25, 0.3) is 0 Å². The predicted octanol–water partition coefficient (Wildman–Crippen LogP) is 1.66. The number of benzene rings is 1. The summed E-state index contributed by atoms with van der Waals surface area (Å²) in [5.74, 6) is 0.536. The molecule has 2 amide bonds. The van der Waals surface area contributed by atoms with Crippen LogP contribution in [0.15, 0.2) is 47.1 Å². The zero-order valence-electron chi connectivity index (χ0n) is 11.8. The predicted molar refractivity (Wildman–Crippen MR) is 76.8 cm³/mol. The highest BCUT2D eigenvalue weighted by Crippen LogP contribution is 2.11. The first-order chi connectivity index (χ1) is 10.6. The number of halogens is 1. The average Bonchev–Trinajstić information content (AvgIpc) is 3.02. The van der Waals surface area contributed by atoms with Crippen molar-refractivity contribution in [3.8, 4) is 5.75 Å². The first-order valence-corrected chi connectivity index (χ1v) is 6.74. The molecule has 0 saturated heterocycles. The Labute approximate surface area is 126 Å². The van der Waals surface area contributed by atoms with Crippen molar-refractivity contribution < 1.29 is 23.4 Å². The van der Waals surface area contributed by atoms with E-state index < -0.39 is 18.0 Å². The van der Waals surface area contributed by atoms with Crippen LogP contribution < -0.4 is 15.4 Å². The van der Waals surface area contributed by atoms with Crippen molar-refractivity contribution in [1.82, 2.24) is 10.6 Å². The molecule has 1 aromatic heterocycles. The molecule has 2 rings (SSSR count). The minimum atomic E-state index is -0.905. The lowest BCUT2D eigenvalue weighted by atomic mass is 10.3. The summed E-state index contributed by atoms with van der Waals surface area (Å²) < 4.78 is 23.2. The molecular weight excluding hydrogens is 291 g/mol. The molecule has 0 radical (unpaired) electrons. The molecule has 0 saturated carbocycles. The first-order valence-electron chi connectivity index (χ1n) is 6.74. The Balaban J connectivity index is 1.62. The van der Waals surface area contributed by atoms with Gasteiger partial charge in [0.25, 0.3) is 0 Å². The van der Waals surface area contributed by atoms with Gasteiger partial charge in [-0.2, -0.15) is 0 Å². The summed E-state index contributed by atoms with van der Waals surface area (Å²) in [6, 6.07) is 8.65. The summed E-state index contributed by atoms with van der Waals surface area (Å²) in [5, 5.41) is 14.8. The Hall–Kier alpha value is -2.54. The van der Waals surface area contributed by atoms with E-state index in [1.165, 1.54) is 24.5 Å². The van der Waals surface area contributed by atoms with Gasteiger partial charge in [0.2, 0.25) is 0 Å². The van der Waals surface area contributed by atoms with E-state index in [0.717, 1.165) is 0 Å². The van der Waals surface area contributed by atoms with Crippen molar-refractivity contribution in [3.05, 3.63) is 54.2 Å². The minimum absolute atomic E-state index is 0.0132. The highest BCUT2D eigenvalue weighted by Gasteiger charge is 2.08. The summed E-state index contributed by atoms with van der Waals surface area (Å²) in [4.78, 5) is 11.5. The molecule has 7 heteroatoms. The van der Waals surface area contributed by atoms with Gasteiger partial charge >= 0.3 is 6.03 Å². The molecule has 3 N–H and O–H groups in total. The van der Waals surface area contributed by atoms with Crippen LogP contribution in [0.5, 0.6) is 5.75 Å². The molecule has 1 heterocycles. The maximum atomic E-state index is 12.9. The van der Waals surface area contributed by atoms with E-state index in [1.54, 1.807) is 18.2 Å². The van der Waals surface area contributed by atoms with Crippen LogP contribution in [0.3, 0.4) is 0 Å². The van der Waals surface area contributed by atoms with Gasteiger partial charge in [-0.25, -0.2) is 9.18 Å². The van der Waals surface area contributed by atoms with E-state index in [1.807, 2.05) is 0 Å². The lowest BCUT2D eigenvalue weighted by molar-refractivity contribution is 0.107. The van der Waals surface area contributed by atoms with Gasteiger partial charge in [-0.3, -0.25) is 0 Å². The Kier molecular flexibility index (Phi) is 5.79. The zero-order valence-corrected chi connectivity index (χ0v) is 11.8. The van der Waals surface area contributed by atoms with E-state index in [2.05, 4.69) is 10.6 Å². The number of amides is 2. The Bertz CT molecular complexity index is 589. The smallest absolute Gasteiger partial charge is 0.315 e. The van der Waals surface area contributed by atoms with Crippen LogP contribution in [-0.4, -0.2) is 30.4 Å². The van der Waals surface area contributed by atoms with Crippen molar-refractivity contribution in [2.45, 2.75) is 12.6 Å². The number of aliphatic hydroxyl groups excluding tert-OH is 1. The topological polar surface area (TPSA) is 83.7 Å². The lowest BCUT2D eigenvalue weighted by Gasteiger charge is -2.13. The third-order valence-electron chi connectivity index (χ3n) is 2.74. The molecule has 0 unspecified atom stereocenters. The van der Waals surface area contributed by atoms with Crippen molar-refractivity contribution in [2.75, 3.05) is 13.2 Å². The molecule has 22 heavy (non-hydrogen) atoms. The number of aliphatic hydroxyl groups is 1. The van der Waals surface area contributed by atoms with Gasteiger partial charge in [0, 0.05) is 12.6 Å². The second kappa shape index (κ2) is 8.04. The molecule has 0 spiro atoms. The highest BCUT2D eigenvalue weighted by molar-refractivity contribution is 5.73. The van der Waals surface area contributed by atoms with Crippen LogP contribution >= 0.6 is 0 Å². The fourth-order valence-corrected chi connectivity index (χ4v) is 1.66. The monoisotopic (exact) mass is 308 g/mol. The minimum Gasteiger partial charge on any atom is -0.491 e. The van der Waals surface area contributed by atoms with Gasteiger partial charge in [0.05, 0.1) is 12.8 Å². The summed E-state index contributed by atoms with van der Waals surface area (Å²) in [6.45, 7) is 0.218. The van der Waals surface area contributed by atoms with E-state index >= 15 is 0 Å². The molecular formula is C15H17FN2O4. The van der Waals surface area contributed by atoms with Crippen molar-refractivity contribution >= 4 is 6.03 Å². The maximum Gasteiger partial charge on any atom is 0.315 e. The van der Waals surface area contributed by atoms with E-state index in [0.29, 0.717) is 11.5 Å². The standard InChI is InChI=1S/C15H17FN2O4/c16-11-3-1-4-13(7-11)22-10-12(19)8-17-15(20)18-9-14-5-2-6-21-14/h1-7,12,19H,8-10H2,(H2,17,18,20)/t12-/m0/s1. The number of urea groups is 1. The van der Waals surface area contributed by atoms with Crippen LogP contribution in [0.1, 0.15) is 5.76 Å². The zero-order chi connectivity index (χ0) is 15.8. The van der Waals surface area contributed by atoms with E-state index in [9.17, 15) is 14.3 Å². The first kappa shape index (κ1) is 15.8. The Morgan fingerprint density at radius 1 is 1.32 bits per heavy atom. The van der Waals surface area contributed by atoms with E-state index in [4.69, 9.17) is 9.15 Å². The van der Waals surface area contributed by atoms with Crippen molar-refractivity contribution in [1.29, 1.82) is 0 Å². The van der Waals surface area contributed by atoms with Crippen LogP contribution in [-0.2, 0) is 6.54 Å². The van der Waals surface area contributed by atoms with Gasteiger partial charge in [-0.1, -0.05) is 6.07 Å². The largest absolute Gasteiger partial charge is 0.491 e. The van der Waals surface area contributed by atoms with Gasteiger partial charge in [-0.05, 0) is 24.3 Å². The van der Waals surface area contributed by atoms with Gasteiger partial charge in [-0.15, -0.1) is 0 Å². The van der Waals surface area contributed by atoms with Gasteiger partial charge in [0.1, 0.15) is 30.0 Å². The molecule has 0 aliphatic heterocycles. The number of carbonyl (C=O) groups excluding carboxylic acids is 1. The quantitative estimate of drug-likeness (QED) is 0.726. The molecule has 118 valence electrons. The highest BCUT2D eigenvalue weighted by atomic mass is 19.1. The molecule has 0 aliphatic carbocycles. The Morgan fingerprint density at radius 2 is 2.18 bits per heavy atom. The molecule has 0 fully saturated rings. The van der Waals surface area contributed by atoms with Crippen LogP contribution in [0.2, 0.25) is 0 Å². The number of carbonyl (C=O) groups is 1. The third kappa shape index (κ3) is 5.45. The Morgan fingerprint density at radius 3 is 2.91 bits per heavy atom. The van der Waals surface area contributed by atoms with Gasteiger partial charge in [0.15, 0.2) is 0 Å². The number of hydrogen-bond acceptors (Lipinski definition) is 4. The number of ether oxygens (including phenoxy) is 1. The maximum absolute atomic E-state index is 12.9. The number of rotatable bonds is 7. The van der Waals surface area contributed by atoms with Crippen LogP contribution in [0, 0.1) is 5.82 Å². The summed E-state index contributed by atoms with van der Waals surface area (Å²) in [7, 11) is 0. The van der Waals surface area contributed by atoms with Crippen molar-refractivity contribution in [3.63, 3.8) is 0 Å². The average molecular weight is 308 g/mol. The van der Waals surface area contributed by atoms with Gasteiger partial charge < -0.3 is 24.9 Å². The van der Waals surface area contributed by atoms with E-state index in [-0.39, 0.29) is 19.7 Å². The molecule has 0 bridgehead atoms. The molecule has 1 aromatic carbocycles. The number of hydrogen-bond donors (Lipinski definition) is 3. The summed E-state index contributed by atoms with van der Waals surface area (Å²) in [5.41, 5.74) is 0. The SMILES string of the molecule is O=C(NCc1ccco1)NC[C@H](O)COc1cccc(F)c1. The molecule has 1 atom stereocenters. The normalized spacial score (nSPS) is 11.7. The second-order valence-corrected chi connectivity index (χ2v) is 4.57. The lowest BCUT2D eigenvalue weighted by Crippen LogP contribution is -2.41. The summed E-state index contributed by atoms with van der Waals surface area (Å²) >= 11 is 0. The molecule has 6 nitrogen and oxygen atoms in total. The fourth-order valence-electron chi connectivity index (χ4n) is 1.66. The molecule has 2 aromatic rings. The number of furan rings is 1. The van der Waals surface area contributed by atoms with Crippen LogP contribution in [0.4, 0.5) is 9.18 Å². The second-order valence-electron chi connectivity index (χ2n) is 4.57. The third-order valence-corrected chi connectivity index (χ3v) is 2.74. The fraction of sp³-hybridized carbons (Fsp3) is 0.267. The number of nitrogens with one attached hydrogen (secondary N) is 2. The molecule has 0 aliphatic rings. The summed E-state index contributed by atoms with van der Waals surface area (Å²) in [6.07, 6.45) is 0.611. The van der Waals surface area contributed by atoms with Crippen molar-refractivity contribution in [2.24, 2.45) is 0 Å².